The molecule has 0 aromatic heterocycles. The number of ether oxygens (including phenoxy) is 1. The van der Waals surface area contributed by atoms with Crippen LogP contribution in [0.15, 0.2) is 24.3 Å². The Morgan fingerprint density at radius 3 is 2.55 bits per heavy atom. The molecule has 20 heavy (non-hydrogen) atoms. The average molecular weight is 274 g/mol. The van der Waals surface area contributed by atoms with Crippen LogP contribution in [-0.4, -0.2) is 37.2 Å². The van der Waals surface area contributed by atoms with Gasteiger partial charge >= 0.3 is 0 Å². The van der Waals surface area contributed by atoms with Gasteiger partial charge in [-0.2, -0.15) is 0 Å². The number of hydrogen-bond donors (Lipinski definition) is 1. The lowest BCUT2D eigenvalue weighted by molar-refractivity contribution is 0.139. The number of methoxy groups -OCH3 is 1. The van der Waals surface area contributed by atoms with Gasteiger partial charge in [0.1, 0.15) is 0 Å². The second-order valence-electron chi connectivity index (χ2n) is 6.12. The van der Waals surface area contributed by atoms with Gasteiger partial charge in [-0.1, -0.05) is 24.3 Å². The fourth-order valence-electron chi connectivity index (χ4n) is 2.68. The second kappa shape index (κ2) is 6.70. The maximum atomic E-state index is 5.25. The number of nitrogens with one attached hydrogen (secondary N) is 1. The highest BCUT2D eigenvalue weighted by Gasteiger charge is 2.29. The third-order valence-electron chi connectivity index (χ3n) is 4.30. The van der Waals surface area contributed by atoms with Crippen LogP contribution >= 0.6 is 0 Å². The van der Waals surface area contributed by atoms with Gasteiger partial charge in [0.2, 0.25) is 0 Å². The fraction of sp³-hybridized carbons (Fsp3) is 0.647. The summed E-state index contributed by atoms with van der Waals surface area (Å²) in [7, 11) is 1.79. The summed E-state index contributed by atoms with van der Waals surface area (Å²) in [6.07, 6.45) is 5.41. The Bertz CT molecular complexity index is 427. The van der Waals surface area contributed by atoms with Gasteiger partial charge < -0.3 is 10.1 Å². The van der Waals surface area contributed by atoms with Gasteiger partial charge in [-0.05, 0) is 36.8 Å². The molecule has 3 heteroatoms. The molecular formula is C17H26N2O. The Morgan fingerprint density at radius 2 is 1.90 bits per heavy atom. The van der Waals surface area contributed by atoms with Gasteiger partial charge in [0.25, 0.3) is 0 Å². The van der Waals surface area contributed by atoms with Crippen LogP contribution in [0.1, 0.15) is 36.8 Å². The molecule has 1 aromatic rings. The summed E-state index contributed by atoms with van der Waals surface area (Å²) in [4.78, 5) is 2.58. The van der Waals surface area contributed by atoms with Crippen LogP contribution in [0, 0.1) is 0 Å². The first-order chi connectivity index (χ1) is 9.86. The summed E-state index contributed by atoms with van der Waals surface area (Å²) >= 11 is 0. The van der Waals surface area contributed by atoms with Crippen molar-refractivity contribution < 1.29 is 4.74 Å². The minimum atomic E-state index is 0.774. The van der Waals surface area contributed by atoms with E-state index in [1.165, 1.54) is 36.8 Å². The molecule has 0 atom stereocenters. The van der Waals surface area contributed by atoms with E-state index in [4.69, 9.17) is 4.74 Å². The maximum Gasteiger partial charge on any atom is 0.0589 e. The van der Waals surface area contributed by atoms with E-state index >= 15 is 0 Å². The van der Waals surface area contributed by atoms with Crippen molar-refractivity contribution in [2.45, 2.75) is 50.9 Å². The largest absolute Gasteiger partial charge is 0.383 e. The summed E-state index contributed by atoms with van der Waals surface area (Å²) in [6.45, 7) is 3.96. The number of rotatable bonds is 9. The molecule has 0 unspecified atom stereocenters. The van der Waals surface area contributed by atoms with Crippen LogP contribution in [0.4, 0.5) is 0 Å². The standard InChI is InChI=1S/C17H26N2O/c1-20-11-10-19(17-8-9-17)13-15-5-3-2-4-14(15)12-18-16-6-7-16/h2-5,16-18H,6-13H2,1H3. The van der Waals surface area contributed by atoms with Crippen molar-refractivity contribution in [1.29, 1.82) is 0 Å². The Morgan fingerprint density at radius 1 is 1.15 bits per heavy atom. The Kier molecular flexibility index (Phi) is 4.71. The molecule has 2 saturated carbocycles. The van der Waals surface area contributed by atoms with Crippen molar-refractivity contribution in [2.75, 3.05) is 20.3 Å². The molecule has 0 saturated heterocycles. The van der Waals surface area contributed by atoms with Crippen molar-refractivity contribution >= 4 is 0 Å². The van der Waals surface area contributed by atoms with E-state index in [1.807, 2.05) is 0 Å². The van der Waals surface area contributed by atoms with Gasteiger partial charge in [-0.3, -0.25) is 4.90 Å². The molecule has 0 bridgehead atoms. The lowest BCUT2D eigenvalue weighted by atomic mass is 10.1. The Hall–Kier alpha value is -0.900. The molecular weight excluding hydrogens is 248 g/mol. The molecule has 3 nitrogen and oxygen atoms in total. The van der Waals surface area contributed by atoms with Crippen LogP contribution in [0.25, 0.3) is 0 Å². The lowest BCUT2D eigenvalue weighted by Crippen LogP contribution is -2.30. The zero-order chi connectivity index (χ0) is 13.8. The van der Waals surface area contributed by atoms with Gasteiger partial charge in [-0.15, -0.1) is 0 Å². The monoisotopic (exact) mass is 274 g/mol. The number of benzene rings is 1. The number of hydrogen-bond acceptors (Lipinski definition) is 3. The topological polar surface area (TPSA) is 24.5 Å². The summed E-state index contributed by atoms with van der Waals surface area (Å²) in [5.74, 6) is 0. The molecule has 0 aliphatic heterocycles. The predicted octanol–water partition coefficient (Wildman–Crippen LogP) is 2.55. The first-order valence-corrected chi connectivity index (χ1v) is 7.90. The lowest BCUT2D eigenvalue weighted by Gasteiger charge is -2.23. The van der Waals surface area contributed by atoms with Crippen LogP contribution < -0.4 is 5.32 Å². The third kappa shape index (κ3) is 4.05. The maximum absolute atomic E-state index is 5.25. The Labute approximate surface area is 122 Å². The van der Waals surface area contributed by atoms with Gasteiger partial charge in [0, 0.05) is 38.8 Å². The van der Waals surface area contributed by atoms with Crippen LogP contribution in [0.3, 0.4) is 0 Å². The van der Waals surface area contributed by atoms with Crippen LogP contribution in [-0.2, 0) is 17.8 Å². The molecule has 1 N–H and O–H groups in total. The molecule has 0 radical (unpaired) electrons. The van der Waals surface area contributed by atoms with E-state index < -0.39 is 0 Å². The summed E-state index contributed by atoms with van der Waals surface area (Å²) in [6, 6.07) is 10.4. The third-order valence-corrected chi connectivity index (χ3v) is 4.30. The molecule has 1 aromatic carbocycles. The highest BCUT2D eigenvalue weighted by atomic mass is 16.5. The SMILES string of the molecule is COCCN(Cc1ccccc1CNC1CC1)C1CC1. The molecule has 0 heterocycles. The first-order valence-electron chi connectivity index (χ1n) is 7.90. The quantitative estimate of drug-likeness (QED) is 0.749. The fourth-order valence-corrected chi connectivity index (χ4v) is 2.68. The highest BCUT2D eigenvalue weighted by Crippen LogP contribution is 2.28. The molecule has 0 spiro atoms. The van der Waals surface area contributed by atoms with Crippen molar-refractivity contribution in [3.05, 3.63) is 35.4 Å². The number of nitrogens with zero attached hydrogens (tertiary/aromatic N) is 1. The first kappa shape index (κ1) is 14.1. The van der Waals surface area contributed by atoms with E-state index in [1.54, 1.807) is 7.11 Å². The average Bonchev–Trinajstić information content (AvgIpc) is 3.35. The summed E-state index contributed by atoms with van der Waals surface area (Å²) in [5, 5.41) is 3.63. The smallest absolute Gasteiger partial charge is 0.0589 e. The Balaban J connectivity index is 1.61. The van der Waals surface area contributed by atoms with E-state index in [9.17, 15) is 0 Å². The minimum absolute atomic E-state index is 0.774. The molecule has 2 aliphatic carbocycles. The zero-order valence-electron chi connectivity index (χ0n) is 12.5. The second-order valence-corrected chi connectivity index (χ2v) is 6.12. The molecule has 0 amide bonds. The van der Waals surface area contributed by atoms with E-state index in [0.717, 1.165) is 38.3 Å². The van der Waals surface area contributed by atoms with Crippen molar-refractivity contribution in [1.82, 2.24) is 10.2 Å². The molecule has 110 valence electrons. The van der Waals surface area contributed by atoms with Crippen LogP contribution in [0.5, 0.6) is 0 Å². The summed E-state index contributed by atoms with van der Waals surface area (Å²) in [5.41, 5.74) is 2.94. The van der Waals surface area contributed by atoms with Crippen molar-refractivity contribution in [3.63, 3.8) is 0 Å². The van der Waals surface area contributed by atoms with Gasteiger partial charge in [-0.25, -0.2) is 0 Å². The molecule has 2 aliphatic rings. The molecule has 3 rings (SSSR count). The van der Waals surface area contributed by atoms with Crippen molar-refractivity contribution in [3.8, 4) is 0 Å². The minimum Gasteiger partial charge on any atom is -0.383 e. The van der Waals surface area contributed by atoms with Gasteiger partial charge in [0.15, 0.2) is 0 Å². The summed E-state index contributed by atoms with van der Waals surface area (Å²) < 4.78 is 5.25. The van der Waals surface area contributed by atoms with Gasteiger partial charge in [0.05, 0.1) is 6.61 Å². The van der Waals surface area contributed by atoms with Crippen molar-refractivity contribution in [2.24, 2.45) is 0 Å². The van der Waals surface area contributed by atoms with E-state index in [0.29, 0.717) is 0 Å². The highest BCUT2D eigenvalue weighted by molar-refractivity contribution is 5.27. The zero-order valence-corrected chi connectivity index (χ0v) is 12.5. The normalized spacial score (nSPS) is 18.7. The van der Waals surface area contributed by atoms with Crippen LogP contribution in [0.2, 0.25) is 0 Å². The van der Waals surface area contributed by atoms with E-state index in [2.05, 4.69) is 34.5 Å². The predicted molar refractivity (Wildman–Crippen MR) is 81.6 cm³/mol. The molecule has 2 fully saturated rings. The van der Waals surface area contributed by atoms with E-state index in [-0.39, 0.29) is 0 Å².